The monoisotopic (exact) mass is 419 g/mol. The molecule has 0 atom stereocenters. The van der Waals surface area contributed by atoms with Gasteiger partial charge < -0.3 is 9.64 Å². The minimum atomic E-state index is -4.81. The van der Waals surface area contributed by atoms with Crippen molar-refractivity contribution in [2.24, 2.45) is 11.3 Å². The van der Waals surface area contributed by atoms with Crippen molar-refractivity contribution < 1.29 is 26.3 Å². The number of hydrogen-bond donors (Lipinski definition) is 0. The van der Waals surface area contributed by atoms with Crippen LogP contribution in [0.1, 0.15) is 24.2 Å². The Morgan fingerprint density at radius 1 is 1.18 bits per heavy atom. The second-order valence-corrected chi connectivity index (χ2v) is 10.2. The molecule has 4 rings (SSSR count). The van der Waals surface area contributed by atoms with Gasteiger partial charge in [-0.05, 0) is 37.8 Å². The van der Waals surface area contributed by atoms with Gasteiger partial charge >= 0.3 is 6.18 Å². The van der Waals surface area contributed by atoms with E-state index in [4.69, 9.17) is 4.74 Å². The molecule has 0 amide bonds. The van der Waals surface area contributed by atoms with Gasteiger partial charge in [0.15, 0.2) is 5.69 Å². The standard InChI is InChI=1S/C18H24F3N3O3S/c1-13-2-3-15(16(22-13)18(19,20)21)28(25,26)24-11-17(12-24)9-23(10-17)8-14-4-6-27-7-5-14/h2-3,14H,4-12H2,1H3. The molecule has 0 bridgehead atoms. The van der Waals surface area contributed by atoms with Gasteiger partial charge in [0.25, 0.3) is 0 Å². The maximum Gasteiger partial charge on any atom is 0.434 e. The molecule has 6 nitrogen and oxygen atoms in total. The van der Waals surface area contributed by atoms with Gasteiger partial charge in [-0.15, -0.1) is 0 Å². The van der Waals surface area contributed by atoms with E-state index in [-0.39, 0.29) is 24.2 Å². The minimum absolute atomic E-state index is 0.116. The van der Waals surface area contributed by atoms with Gasteiger partial charge in [-0.2, -0.15) is 17.5 Å². The fourth-order valence-electron chi connectivity index (χ4n) is 4.49. The molecule has 4 heterocycles. The van der Waals surface area contributed by atoms with E-state index < -0.39 is 26.8 Å². The summed E-state index contributed by atoms with van der Waals surface area (Å²) in [4.78, 5) is 5.01. The van der Waals surface area contributed by atoms with E-state index in [0.29, 0.717) is 5.92 Å². The third kappa shape index (κ3) is 3.67. The number of alkyl halides is 3. The van der Waals surface area contributed by atoms with E-state index in [1.54, 1.807) is 0 Å². The molecule has 0 N–H and O–H groups in total. The van der Waals surface area contributed by atoms with Crippen LogP contribution in [0.2, 0.25) is 0 Å². The van der Waals surface area contributed by atoms with Crippen LogP contribution in [-0.4, -0.2) is 68.5 Å². The van der Waals surface area contributed by atoms with Gasteiger partial charge in [0.1, 0.15) is 4.90 Å². The SMILES string of the molecule is Cc1ccc(S(=O)(=O)N2CC3(CN(CC4CCOCC4)C3)C2)c(C(F)(F)F)n1. The Balaban J connectivity index is 1.40. The molecule has 0 unspecified atom stereocenters. The molecular formula is C18H24F3N3O3S. The molecule has 0 saturated carbocycles. The van der Waals surface area contributed by atoms with Gasteiger partial charge in [-0.3, -0.25) is 0 Å². The van der Waals surface area contributed by atoms with E-state index >= 15 is 0 Å². The molecule has 3 saturated heterocycles. The van der Waals surface area contributed by atoms with Crippen molar-refractivity contribution in [1.29, 1.82) is 0 Å². The summed E-state index contributed by atoms with van der Waals surface area (Å²) in [5.41, 5.74) is -1.31. The first kappa shape index (κ1) is 20.1. The molecule has 156 valence electrons. The smallest absolute Gasteiger partial charge is 0.381 e. The Morgan fingerprint density at radius 3 is 2.43 bits per heavy atom. The van der Waals surface area contributed by atoms with E-state index in [0.717, 1.165) is 56.1 Å². The predicted octanol–water partition coefficient (Wildman–Crippen LogP) is 2.14. The first-order chi connectivity index (χ1) is 13.1. The van der Waals surface area contributed by atoms with Gasteiger partial charge in [0.2, 0.25) is 10.0 Å². The normalized spacial score (nSPS) is 24.1. The van der Waals surface area contributed by atoms with Gasteiger partial charge in [0.05, 0.1) is 0 Å². The highest BCUT2D eigenvalue weighted by molar-refractivity contribution is 7.89. The number of ether oxygens (including phenoxy) is 1. The lowest BCUT2D eigenvalue weighted by molar-refractivity contribution is -0.143. The Hall–Kier alpha value is -1.23. The molecule has 28 heavy (non-hydrogen) atoms. The number of halogens is 3. The molecule has 0 radical (unpaired) electrons. The Bertz CT molecular complexity index is 839. The zero-order valence-corrected chi connectivity index (χ0v) is 16.5. The first-order valence-corrected chi connectivity index (χ1v) is 10.9. The number of pyridine rings is 1. The summed E-state index contributed by atoms with van der Waals surface area (Å²) in [6.45, 7) is 6.12. The number of nitrogens with zero attached hydrogens (tertiary/aromatic N) is 3. The molecule has 10 heteroatoms. The Labute approximate surface area is 162 Å². The van der Waals surface area contributed by atoms with Gasteiger partial charge in [-0.1, -0.05) is 0 Å². The van der Waals surface area contributed by atoms with Gasteiger partial charge in [0, 0.05) is 57.0 Å². The first-order valence-electron chi connectivity index (χ1n) is 9.44. The van der Waals surface area contributed by atoms with Crippen molar-refractivity contribution in [3.8, 4) is 0 Å². The van der Waals surface area contributed by atoms with Crippen molar-refractivity contribution in [1.82, 2.24) is 14.2 Å². The lowest BCUT2D eigenvalue weighted by atomic mass is 9.74. The van der Waals surface area contributed by atoms with Crippen LogP contribution in [0.3, 0.4) is 0 Å². The molecule has 0 aliphatic carbocycles. The quantitative estimate of drug-likeness (QED) is 0.748. The van der Waals surface area contributed by atoms with Crippen molar-refractivity contribution in [2.75, 3.05) is 45.9 Å². The van der Waals surface area contributed by atoms with Crippen molar-refractivity contribution in [3.63, 3.8) is 0 Å². The number of aryl methyl sites for hydroxylation is 1. The van der Waals surface area contributed by atoms with Crippen molar-refractivity contribution >= 4 is 10.0 Å². The largest absolute Gasteiger partial charge is 0.434 e. The summed E-state index contributed by atoms with van der Waals surface area (Å²) in [6.07, 6.45) is -2.72. The van der Waals surface area contributed by atoms with E-state index in [2.05, 4.69) is 9.88 Å². The fourth-order valence-corrected chi connectivity index (χ4v) is 6.30. The van der Waals surface area contributed by atoms with Crippen LogP contribution in [-0.2, 0) is 20.9 Å². The number of likely N-dealkylation sites (tertiary alicyclic amines) is 1. The molecule has 0 aromatic carbocycles. The number of sulfonamides is 1. The molecule has 3 aliphatic heterocycles. The number of hydrogen-bond acceptors (Lipinski definition) is 5. The van der Waals surface area contributed by atoms with Crippen LogP contribution in [0, 0.1) is 18.3 Å². The van der Waals surface area contributed by atoms with E-state index in [9.17, 15) is 21.6 Å². The zero-order chi connectivity index (χ0) is 20.2. The lowest BCUT2D eigenvalue weighted by Gasteiger charge is -2.60. The third-order valence-electron chi connectivity index (χ3n) is 5.88. The summed E-state index contributed by atoms with van der Waals surface area (Å²) in [5, 5.41) is 0. The van der Waals surface area contributed by atoms with Crippen LogP contribution in [0.4, 0.5) is 13.2 Å². The van der Waals surface area contributed by atoms with Crippen LogP contribution < -0.4 is 0 Å². The second-order valence-electron chi connectivity index (χ2n) is 8.30. The topological polar surface area (TPSA) is 62.7 Å². The average Bonchev–Trinajstić information content (AvgIpc) is 2.55. The number of aromatic nitrogens is 1. The van der Waals surface area contributed by atoms with E-state index in [1.807, 2.05) is 0 Å². The lowest BCUT2D eigenvalue weighted by Crippen LogP contribution is -2.73. The van der Waals surface area contributed by atoms with Crippen LogP contribution in [0.5, 0.6) is 0 Å². The molecule has 1 aromatic heterocycles. The maximum absolute atomic E-state index is 13.3. The Morgan fingerprint density at radius 2 is 1.82 bits per heavy atom. The van der Waals surface area contributed by atoms with Crippen molar-refractivity contribution in [3.05, 3.63) is 23.5 Å². The fraction of sp³-hybridized carbons (Fsp3) is 0.722. The van der Waals surface area contributed by atoms with Crippen LogP contribution in [0.15, 0.2) is 17.0 Å². The second kappa shape index (κ2) is 6.93. The highest BCUT2D eigenvalue weighted by atomic mass is 32.2. The third-order valence-corrected chi connectivity index (χ3v) is 7.71. The molecule has 1 aromatic rings. The summed E-state index contributed by atoms with van der Waals surface area (Å²) in [5.74, 6) is 0.610. The summed E-state index contributed by atoms with van der Waals surface area (Å²) in [6, 6.07) is 2.32. The zero-order valence-electron chi connectivity index (χ0n) is 15.7. The summed E-state index contributed by atoms with van der Waals surface area (Å²) >= 11 is 0. The Kier molecular flexibility index (Phi) is 4.96. The molecule has 1 spiro atoms. The maximum atomic E-state index is 13.3. The minimum Gasteiger partial charge on any atom is -0.381 e. The summed E-state index contributed by atoms with van der Waals surface area (Å²) in [7, 11) is -4.21. The van der Waals surface area contributed by atoms with Crippen LogP contribution >= 0.6 is 0 Å². The molecular weight excluding hydrogens is 395 g/mol. The van der Waals surface area contributed by atoms with Crippen molar-refractivity contribution in [2.45, 2.75) is 30.8 Å². The molecule has 3 aliphatic rings. The summed E-state index contributed by atoms with van der Waals surface area (Å²) < 4.78 is 71.9. The molecule has 3 fully saturated rings. The van der Waals surface area contributed by atoms with Gasteiger partial charge in [-0.25, -0.2) is 13.4 Å². The predicted molar refractivity (Wildman–Crippen MR) is 95.2 cm³/mol. The highest BCUT2D eigenvalue weighted by Crippen LogP contribution is 2.44. The number of rotatable bonds is 4. The van der Waals surface area contributed by atoms with Crippen LogP contribution in [0.25, 0.3) is 0 Å². The average molecular weight is 419 g/mol. The van der Waals surface area contributed by atoms with E-state index in [1.165, 1.54) is 13.0 Å². The highest BCUT2D eigenvalue weighted by Gasteiger charge is 2.56.